The van der Waals surface area contributed by atoms with Gasteiger partial charge in [-0.3, -0.25) is 4.79 Å². The molecule has 3 nitrogen and oxygen atoms in total. The second kappa shape index (κ2) is 9.48. The lowest BCUT2D eigenvalue weighted by atomic mass is 9.90. The topological polar surface area (TPSA) is 32.3 Å². The number of piperidine rings is 1. The molecule has 0 bridgehead atoms. The first kappa shape index (κ1) is 18.6. The van der Waals surface area contributed by atoms with Crippen molar-refractivity contribution in [2.75, 3.05) is 19.6 Å². The van der Waals surface area contributed by atoms with Crippen molar-refractivity contribution in [1.29, 1.82) is 0 Å². The Bertz CT molecular complexity index is 679. The molecule has 1 fully saturated rings. The van der Waals surface area contributed by atoms with Gasteiger partial charge in [0.2, 0.25) is 5.91 Å². The molecule has 1 N–H and O–H groups in total. The van der Waals surface area contributed by atoms with Crippen molar-refractivity contribution in [1.82, 2.24) is 10.2 Å². The monoisotopic (exact) mass is 354 g/mol. The number of hydrogen-bond donors (Lipinski definition) is 1. The quantitative estimate of drug-likeness (QED) is 0.768. The molecule has 0 atom stereocenters. The fourth-order valence-electron chi connectivity index (χ4n) is 3.52. The Morgan fingerprint density at radius 3 is 2.38 bits per heavy atom. The van der Waals surface area contributed by atoms with Crippen LogP contribution in [-0.2, 0) is 17.8 Å². The van der Waals surface area contributed by atoms with E-state index in [1.54, 1.807) is 12.1 Å². The lowest BCUT2D eigenvalue weighted by Gasteiger charge is -2.32. The van der Waals surface area contributed by atoms with Crippen LogP contribution in [0.2, 0.25) is 0 Å². The van der Waals surface area contributed by atoms with Crippen LogP contribution in [-0.4, -0.2) is 30.4 Å². The van der Waals surface area contributed by atoms with Crippen LogP contribution < -0.4 is 5.32 Å². The van der Waals surface area contributed by atoms with Gasteiger partial charge in [0.25, 0.3) is 0 Å². The molecule has 3 rings (SSSR count). The number of halogens is 1. The number of carbonyl (C=O) groups excluding carboxylic acids is 1. The molecule has 4 heteroatoms. The summed E-state index contributed by atoms with van der Waals surface area (Å²) < 4.78 is 12.9. The molecular formula is C22H27FN2O. The normalized spacial score (nSPS) is 15.2. The number of carbonyl (C=O) groups is 1. The van der Waals surface area contributed by atoms with Gasteiger partial charge in [0.15, 0.2) is 0 Å². The number of amides is 1. The molecule has 26 heavy (non-hydrogen) atoms. The number of benzene rings is 2. The summed E-state index contributed by atoms with van der Waals surface area (Å²) >= 11 is 0. The fourth-order valence-corrected chi connectivity index (χ4v) is 3.52. The summed E-state index contributed by atoms with van der Waals surface area (Å²) in [5.74, 6) is 0.687. The number of nitrogens with zero attached hydrogens (tertiary/aromatic N) is 1. The van der Waals surface area contributed by atoms with E-state index in [0.717, 1.165) is 37.9 Å². The summed E-state index contributed by atoms with van der Waals surface area (Å²) in [6.07, 6.45) is 3.81. The van der Waals surface area contributed by atoms with Crippen LogP contribution in [0.25, 0.3) is 0 Å². The van der Waals surface area contributed by atoms with E-state index in [9.17, 15) is 9.18 Å². The Hall–Kier alpha value is -2.20. The summed E-state index contributed by atoms with van der Waals surface area (Å²) in [6, 6.07) is 17.1. The maximum atomic E-state index is 12.9. The molecule has 0 unspecified atom stereocenters. The summed E-state index contributed by atoms with van der Waals surface area (Å²) in [6.45, 7) is 3.05. The predicted octanol–water partition coefficient (Wildman–Crippen LogP) is 3.79. The minimum Gasteiger partial charge on any atom is -0.343 e. The average molecular weight is 354 g/mol. The molecule has 0 saturated carbocycles. The molecule has 1 aliphatic heterocycles. The average Bonchev–Trinajstić information content (AvgIpc) is 2.68. The zero-order valence-corrected chi connectivity index (χ0v) is 15.2. The van der Waals surface area contributed by atoms with Gasteiger partial charge in [-0.2, -0.15) is 0 Å². The van der Waals surface area contributed by atoms with Crippen LogP contribution >= 0.6 is 0 Å². The molecule has 2 aromatic carbocycles. The molecule has 2 aromatic rings. The summed E-state index contributed by atoms with van der Waals surface area (Å²) in [5, 5.41) is 3.26. The molecule has 0 radical (unpaired) electrons. The highest BCUT2D eigenvalue weighted by Gasteiger charge is 2.22. The van der Waals surface area contributed by atoms with E-state index in [0.29, 0.717) is 25.4 Å². The van der Waals surface area contributed by atoms with Crippen LogP contribution in [0.5, 0.6) is 0 Å². The lowest BCUT2D eigenvalue weighted by molar-refractivity contribution is -0.132. The first-order valence-electron chi connectivity index (χ1n) is 9.47. The molecule has 1 aliphatic rings. The highest BCUT2D eigenvalue weighted by molar-refractivity contribution is 5.76. The highest BCUT2D eigenvalue weighted by atomic mass is 19.1. The van der Waals surface area contributed by atoms with Gasteiger partial charge in [0, 0.05) is 32.6 Å². The van der Waals surface area contributed by atoms with Gasteiger partial charge in [-0.1, -0.05) is 42.5 Å². The van der Waals surface area contributed by atoms with Crippen molar-refractivity contribution in [2.45, 2.75) is 32.2 Å². The van der Waals surface area contributed by atoms with E-state index in [-0.39, 0.29) is 11.7 Å². The Labute approximate surface area is 155 Å². The van der Waals surface area contributed by atoms with Crippen LogP contribution in [0, 0.1) is 11.7 Å². The van der Waals surface area contributed by atoms with Crippen molar-refractivity contribution in [3.05, 3.63) is 71.5 Å². The largest absolute Gasteiger partial charge is 0.343 e. The van der Waals surface area contributed by atoms with Crippen LogP contribution in [0.3, 0.4) is 0 Å². The Morgan fingerprint density at radius 1 is 1.00 bits per heavy atom. The standard InChI is InChI=1S/C22H27FN2O/c23-21-8-6-20(7-9-21)17-24-13-10-22(26)25-14-11-19(12-15-25)16-18-4-2-1-3-5-18/h1-9,19,24H,10-17H2. The molecular weight excluding hydrogens is 327 g/mol. The van der Waals surface area contributed by atoms with E-state index in [4.69, 9.17) is 0 Å². The first-order chi connectivity index (χ1) is 12.7. The molecule has 0 aromatic heterocycles. The maximum Gasteiger partial charge on any atom is 0.223 e. The van der Waals surface area contributed by atoms with Crippen molar-refractivity contribution >= 4 is 5.91 Å². The third-order valence-electron chi connectivity index (χ3n) is 5.09. The third kappa shape index (κ3) is 5.67. The van der Waals surface area contributed by atoms with E-state index < -0.39 is 0 Å². The van der Waals surface area contributed by atoms with Crippen LogP contribution in [0.1, 0.15) is 30.4 Å². The van der Waals surface area contributed by atoms with Gasteiger partial charge < -0.3 is 10.2 Å². The van der Waals surface area contributed by atoms with Crippen molar-refractivity contribution in [3.8, 4) is 0 Å². The zero-order chi connectivity index (χ0) is 18.2. The van der Waals surface area contributed by atoms with Gasteiger partial charge in [-0.15, -0.1) is 0 Å². The van der Waals surface area contributed by atoms with Crippen molar-refractivity contribution in [2.24, 2.45) is 5.92 Å². The lowest BCUT2D eigenvalue weighted by Crippen LogP contribution is -2.39. The first-order valence-corrected chi connectivity index (χ1v) is 9.47. The smallest absolute Gasteiger partial charge is 0.223 e. The Balaban J connectivity index is 1.32. The maximum absolute atomic E-state index is 12.9. The number of rotatable bonds is 7. The molecule has 0 aliphatic carbocycles. The van der Waals surface area contributed by atoms with Gasteiger partial charge in [0.1, 0.15) is 5.82 Å². The minimum absolute atomic E-state index is 0.223. The number of nitrogens with one attached hydrogen (secondary N) is 1. The SMILES string of the molecule is O=C(CCNCc1ccc(F)cc1)N1CCC(Cc2ccccc2)CC1. The van der Waals surface area contributed by atoms with Gasteiger partial charge >= 0.3 is 0 Å². The fraction of sp³-hybridized carbons (Fsp3) is 0.409. The molecule has 138 valence electrons. The Morgan fingerprint density at radius 2 is 1.69 bits per heavy atom. The second-order valence-electron chi connectivity index (χ2n) is 7.07. The van der Waals surface area contributed by atoms with Gasteiger partial charge in [-0.25, -0.2) is 4.39 Å². The van der Waals surface area contributed by atoms with Crippen LogP contribution in [0.4, 0.5) is 4.39 Å². The van der Waals surface area contributed by atoms with E-state index in [2.05, 4.69) is 35.6 Å². The Kier molecular flexibility index (Phi) is 6.78. The predicted molar refractivity (Wildman–Crippen MR) is 102 cm³/mol. The molecule has 1 heterocycles. The van der Waals surface area contributed by atoms with E-state index in [1.807, 2.05) is 4.90 Å². The van der Waals surface area contributed by atoms with Gasteiger partial charge in [0.05, 0.1) is 0 Å². The van der Waals surface area contributed by atoms with Crippen LogP contribution in [0.15, 0.2) is 54.6 Å². The van der Waals surface area contributed by atoms with Gasteiger partial charge in [-0.05, 0) is 48.4 Å². The van der Waals surface area contributed by atoms with E-state index in [1.165, 1.54) is 17.7 Å². The number of likely N-dealkylation sites (tertiary alicyclic amines) is 1. The molecule has 0 spiro atoms. The summed E-state index contributed by atoms with van der Waals surface area (Å²) in [4.78, 5) is 14.4. The third-order valence-corrected chi connectivity index (χ3v) is 5.09. The summed E-state index contributed by atoms with van der Waals surface area (Å²) in [5.41, 5.74) is 2.42. The number of hydrogen-bond acceptors (Lipinski definition) is 2. The van der Waals surface area contributed by atoms with Crippen molar-refractivity contribution in [3.63, 3.8) is 0 Å². The minimum atomic E-state index is -0.223. The second-order valence-corrected chi connectivity index (χ2v) is 7.07. The van der Waals surface area contributed by atoms with Crippen molar-refractivity contribution < 1.29 is 9.18 Å². The molecule has 1 amide bonds. The summed E-state index contributed by atoms with van der Waals surface area (Å²) in [7, 11) is 0. The molecule has 1 saturated heterocycles. The van der Waals surface area contributed by atoms with E-state index >= 15 is 0 Å². The zero-order valence-electron chi connectivity index (χ0n) is 15.2. The highest BCUT2D eigenvalue weighted by Crippen LogP contribution is 2.22.